The van der Waals surface area contributed by atoms with Crippen LogP contribution in [0.25, 0.3) is 0 Å². The Morgan fingerprint density at radius 3 is 2.43 bits per heavy atom. The first-order valence-electron chi connectivity index (χ1n) is 10.1. The monoisotopic (exact) mass is 430 g/mol. The number of carbonyl (C=O) groups is 2. The maximum atomic E-state index is 11.7. The summed E-state index contributed by atoms with van der Waals surface area (Å²) in [6, 6.07) is 11.8. The zero-order valence-electron chi connectivity index (χ0n) is 17.6. The molecule has 0 aliphatic carbocycles. The molecule has 2 amide bonds. The van der Waals surface area contributed by atoms with Crippen molar-refractivity contribution in [1.29, 1.82) is 0 Å². The van der Waals surface area contributed by atoms with E-state index < -0.39 is 0 Å². The summed E-state index contributed by atoms with van der Waals surface area (Å²) in [5, 5.41) is 0.760. The number of halogens is 1. The van der Waals surface area contributed by atoms with Crippen LogP contribution < -0.4 is 14.4 Å². The molecule has 1 aliphatic rings. The van der Waals surface area contributed by atoms with Crippen LogP contribution in [0.15, 0.2) is 36.4 Å². The van der Waals surface area contributed by atoms with Gasteiger partial charge in [0.2, 0.25) is 11.8 Å². The lowest BCUT2D eigenvalue weighted by atomic mass is 10.1. The first kappa shape index (κ1) is 22.0. The fourth-order valence-corrected chi connectivity index (χ4v) is 3.60. The van der Waals surface area contributed by atoms with Crippen LogP contribution >= 0.6 is 11.6 Å². The molecule has 3 rings (SSSR count). The Balaban J connectivity index is 1.66. The highest BCUT2D eigenvalue weighted by Gasteiger charge is 2.28. The number of nitrogens with zero attached hydrogens (tertiary/aromatic N) is 2. The van der Waals surface area contributed by atoms with E-state index in [0.29, 0.717) is 18.0 Å². The number of aryl methyl sites for hydroxylation is 1. The Morgan fingerprint density at radius 1 is 1.07 bits per heavy atom. The van der Waals surface area contributed by atoms with E-state index in [1.54, 1.807) is 7.11 Å². The molecule has 1 saturated heterocycles. The van der Waals surface area contributed by atoms with Crippen LogP contribution in [-0.4, -0.2) is 43.5 Å². The van der Waals surface area contributed by atoms with Gasteiger partial charge in [0.15, 0.2) is 11.5 Å². The third kappa shape index (κ3) is 5.05. The number of hydrogen-bond donors (Lipinski definition) is 0. The zero-order chi connectivity index (χ0) is 21.7. The Morgan fingerprint density at radius 2 is 1.80 bits per heavy atom. The molecule has 2 aromatic carbocycles. The van der Waals surface area contributed by atoms with Gasteiger partial charge in [-0.2, -0.15) is 0 Å². The molecular formula is C23H27ClN2O4. The van der Waals surface area contributed by atoms with Gasteiger partial charge in [-0.15, -0.1) is 0 Å². The van der Waals surface area contributed by atoms with Gasteiger partial charge >= 0.3 is 0 Å². The molecule has 0 aromatic heterocycles. The molecule has 0 radical (unpaired) electrons. The number of rotatable bonds is 9. The molecule has 6 nitrogen and oxygen atoms in total. The number of likely N-dealkylation sites (tertiary alicyclic amines) is 1. The van der Waals surface area contributed by atoms with Crippen LogP contribution in [0.1, 0.15) is 30.9 Å². The molecule has 0 unspecified atom stereocenters. The van der Waals surface area contributed by atoms with E-state index in [9.17, 15) is 9.59 Å². The van der Waals surface area contributed by atoms with Crippen molar-refractivity contribution in [3.63, 3.8) is 0 Å². The molecule has 7 heteroatoms. The van der Waals surface area contributed by atoms with Gasteiger partial charge in [0.05, 0.1) is 13.7 Å². The van der Waals surface area contributed by atoms with Crippen molar-refractivity contribution < 1.29 is 19.1 Å². The lowest BCUT2D eigenvalue weighted by molar-refractivity contribution is -0.138. The number of carbonyl (C=O) groups excluding carboxylic acids is 2. The minimum Gasteiger partial charge on any atom is -0.493 e. The summed E-state index contributed by atoms with van der Waals surface area (Å²) in [6.45, 7) is 6.16. The molecule has 0 saturated carbocycles. The van der Waals surface area contributed by atoms with Gasteiger partial charge < -0.3 is 14.4 Å². The molecule has 1 heterocycles. The normalized spacial score (nSPS) is 13.7. The van der Waals surface area contributed by atoms with Crippen LogP contribution in [-0.2, 0) is 16.1 Å². The molecule has 2 aromatic rings. The van der Waals surface area contributed by atoms with Crippen molar-refractivity contribution in [3.8, 4) is 11.5 Å². The molecule has 0 bridgehead atoms. The molecule has 0 atom stereocenters. The van der Waals surface area contributed by atoms with Crippen LogP contribution in [0.3, 0.4) is 0 Å². The van der Waals surface area contributed by atoms with E-state index in [1.807, 2.05) is 37.3 Å². The van der Waals surface area contributed by atoms with Gasteiger partial charge in [-0.25, -0.2) is 0 Å². The van der Waals surface area contributed by atoms with Gasteiger partial charge in [0.25, 0.3) is 0 Å². The number of amides is 2. The van der Waals surface area contributed by atoms with E-state index in [0.717, 1.165) is 28.4 Å². The summed E-state index contributed by atoms with van der Waals surface area (Å²) < 4.78 is 11.3. The van der Waals surface area contributed by atoms with Gasteiger partial charge in [-0.3, -0.25) is 14.5 Å². The first-order valence-corrected chi connectivity index (χ1v) is 10.4. The van der Waals surface area contributed by atoms with Gasteiger partial charge in [-0.05, 0) is 55.3 Å². The number of ether oxygens (including phenoxy) is 2. The largest absolute Gasteiger partial charge is 0.493 e. The smallest absolute Gasteiger partial charge is 0.229 e. The van der Waals surface area contributed by atoms with E-state index >= 15 is 0 Å². The summed E-state index contributed by atoms with van der Waals surface area (Å²) in [4.78, 5) is 26.9. The quantitative estimate of drug-likeness (QED) is 0.558. The number of hydrogen-bond acceptors (Lipinski definition) is 5. The fourth-order valence-electron chi connectivity index (χ4n) is 3.48. The zero-order valence-corrected chi connectivity index (χ0v) is 18.4. The van der Waals surface area contributed by atoms with Crippen LogP contribution in [0.5, 0.6) is 11.5 Å². The van der Waals surface area contributed by atoms with E-state index in [4.69, 9.17) is 21.1 Å². The Labute approximate surface area is 182 Å². The molecular weight excluding hydrogens is 404 g/mol. The number of methoxy groups -OCH3 is 1. The maximum absolute atomic E-state index is 11.7. The summed E-state index contributed by atoms with van der Waals surface area (Å²) in [7, 11) is 1.60. The van der Waals surface area contributed by atoms with E-state index in [-0.39, 0.29) is 37.8 Å². The highest BCUT2D eigenvalue weighted by Crippen LogP contribution is 2.30. The van der Waals surface area contributed by atoms with Crippen LogP contribution in [0, 0.1) is 6.92 Å². The SMILES string of the molecule is CCN(Cc1ccc(OCCN2C(=O)CCC2=O)c(OC)c1)c1ccc(Cl)c(C)c1. The topological polar surface area (TPSA) is 59.1 Å². The summed E-state index contributed by atoms with van der Waals surface area (Å²) in [5.74, 6) is 0.937. The highest BCUT2D eigenvalue weighted by atomic mass is 35.5. The van der Waals surface area contributed by atoms with Gasteiger partial charge in [0.1, 0.15) is 6.61 Å². The Hall–Kier alpha value is -2.73. The van der Waals surface area contributed by atoms with Crippen molar-refractivity contribution in [2.45, 2.75) is 33.2 Å². The Bertz CT molecular complexity index is 915. The average molecular weight is 431 g/mol. The minimum atomic E-state index is -0.136. The van der Waals surface area contributed by atoms with E-state index in [2.05, 4.69) is 17.9 Å². The second-order valence-corrected chi connectivity index (χ2v) is 7.63. The molecule has 160 valence electrons. The lowest BCUT2D eigenvalue weighted by Crippen LogP contribution is -2.33. The van der Waals surface area contributed by atoms with Crippen LogP contribution in [0.4, 0.5) is 5.69 Å². The predicted molar refractivity (Wildman–Crippen MR) is 117 cm³/mol. The summed E-state index contributed by atoms with van der Waals surface area (Å²) in [5.41, 5.74) is 3.24. The maximum Gasteiger partial charge on any atom is 0.229 e. The number of imide groups is 1. The van der Waals surface area contributed by atoms with Crippen molar-refractivity contribution >= 4 is 29.1 Å². The average Bonchev–Trinajstić information content (AvgIpc) is 3.06. The highest BCUT2D eigenvalue weighted by molar-refractivity contribution is 6.31. The fraction of sp³-hybridized carbons (Fsp3) is 0.391. The predicted octanol–water partition coefficient (Wildman–Crippen LogP) is 4.21. The van der Waals surface area contributed by atoms with Crippen molar-refractivity contribution in [1.82, 2.24) is 4.90 Å². The first-order chi connectivity index (χ1) is 14.4. The summed E-state index contributed by atoms with van der Waals surface area (Å²) >= 11 is 6.16. The number of benzene rings is 2. The third-order valence-electron chi connectivity index (χ3n) is 5.22. The van der Waals surface area contributed by atoms with Crippen molar-refractivity contribution in [2.75, 3.05) is 31.7 Å². The molecule has 0 N–H and O–H groups in total. The molecule has 1 aliphatic heterocycles. The molecule has 1 fully saturated rings. The number of anilines is 1. The van der Waals surface area contributed by atoms with Crippen molar-refractivity contribution in [3.05, 3.63) is 52.5 Å². The molecule has 30 heavy (non-hydrogen) atoms. The minimum absolute atomic E-state index is 0.136. The molecule has 0 spiro atoms. The Kier molecular flexibility index (Phi) is 7.21. The van der Waals surface area contributed by atoms with Crippen molar-refractivity contribution in [2.24, 2.45) is 0 Å². The van der Waals surface area contributed by atoms with Gasteiger partial charge in [-0.1, -0.05) is 17.7 Å². The van der Waals surface area contributed by atoms with Gasteiger partial charge in [0, 0.05) is 36.6 Å². The lowest BCUT2D eigenvalue weighted by Gasteiger charge is -2.24. The second-order valence-electron chi connectivity index (χ2n) is 7.22. The second kappa shape index (κ2) is 9.85. The van der Waals surface area contributed by atoms with Crippen LogP contribution in [0.2, 0.25) is 5.02 Å². The standard InChI is InChI=1S/C23H27ClN2O4/c1-4-25(18-6-7-19(24)16(2)13-18)15-17-5-8-20(21(14-17)29-3)30-12-11-26-22(27)9-10-23(26)28/h5-8,13-14H,4,9-12,15H2,1-3H3. The van der Waals surface area contributed by atoms with E-state index in [1.165, 1.54) is 4.90 Å². The summed E-state index contributed by atoms with van der Waals surface area (Å²) in [6.07, 6.45) is 0.579. The third-order valence-corrected chi connectivity index (χ3v) is 5.64.